The van der Waals surface area contributed by atoms with Gasteiger partial charge in [0.2, 0.25) is 0 Å². The van der Waals surface area contributed by atoms with Gasteiger partial charge >= 0.3 is 6.18 Å². The van der Waals surface area contributed by atoms with E-state index in [2.05, 4.69) is 20.9 Å². The molecule has 1 amide bonds. The summed E-state index contributed by atoms with van der Waals surface area (Å²) >= 11 is 4.52. The first-order chi connectivity index (χ1) is 10.3. The maximum Gasteiger partial charge on any atom is 0.405 e. The predicted molar refractivity (Wildman–Crippen MR) is 80.9 cm³/mol. The van der Waals surface area contributed by atoms with Gasteiger partial charge in [0.05, 0.1) is 5.56 Å². The molecule has 0 saturated heterocycles. The van der Waals surface area contributed by atoms with Crippen LogP contribution in [0.25, 0.3) is 0 Å². The van der Waals surface area contributed by atoms with Gasteiger partial charge in [-0.15, -0.1) is 0 Å². The Balaban J connectivity index is 2.16. The molecule has 0 aliphatic rings. The van der Waals surface area contributed by atoms with Crippen molar-refractivity contribution >= 4 is 33.6 Å². The normalized spacial score (nSPS) is 11.3. The summed E-state index contributed by atoms with van der Waals surface area (Å²) in [5.41, 5.74) is 0.111. The highest BCUT2D eigenvalue weighted by Crippen LogP contribution is 2.29. The van der Waals surface area contributed by atoms with Crippen molar-refractivity contribution in [3.05, 3.63) is 52.6 Å². The Kier molecular flexibility index (Phi) is 5.47. The largest absolute Gasteiger partial charge is 0.405 e. The Morgan fingerprint density at radius 3 is 2.55 bits per heavy atom. The molecule has 22 heavy (non-hydrogen) atoms. The zero-order valence-electron chi connectivity index (χ0n) is 11.0. The highest BCUT2D eigenvalue weighted by Gasteiger charge is 2.28. The molecular weight excluding hydrogens is 381 g/mol. The summed E-state index contributed by atoms with van der Waals surface area (Å²) in [6.45, 7) is -1.37. The summed E-state index contributed by atoms with van der Waals surface area (Å²) in [6.07, 6.45) is -2.96. The lowest BCUT2D eigenvalue weighted by molar-refractivity contribution is -0.123. The summed E-state index contributed by atoms with van der Waals surface area (Å²) in [5.74, 6) is -0.801. The summed E-state index contributed by atoms with van der Waals surface area (Å²) in [6, 6.07) is 10.2. The van der Waals surface area contributed by atoms with E-state index in [1.54, 1.807) is 0 Å². The number of halogens is 4. The number of carbonyl (C=O) groups excluding carboxylic acids is 1. The van der Waals surface area contributed by atoms with Crippen LogP contribution in [0.2, 0.25) is 0 Å². The van der Waals surface area contributed by atoms with E-state index in [1.807, 2.05) is 29.6 Å². The Bertz CT molecular complexity index is 662. The van der Waals surface area contributed by atoms with Crippen molar-refractivity contribution in [2.75, 3.05) is 6.54 Å². The third-order valence-corrected chi connectivity index (χ3v) is 4.05. The van der Waals surface area contributed by atoms with Gasteiger partial charge in [0, 0.05) is 15.6 Å². The first-order valence-corrected chi connectivity index (χ1v) is 7.69. The first kappa shape index (κ1) is 16.8. The number of hydrogen-bond acceptors (Lipinski definition) is 3. The first-order valence-electron chi connectivity index (χ1n) is 6.08. The van der Waals surface area contributed by atoms with Gasteiger partial charge in [0.25, 0.3) is 5.91 Å². The number of benzene rings is 1. The van der Waals surface area contributed by atoms with Crippen LogP contribution in [0.5, 0.6) is 0 Å². The molecule has 116 valence electrons. The third kappa shape index (κ3) is 5.03. The van der Waals surface area contributed by atoms with Crippen molar-refractivity contribution in [1.29, 1.82) is 0 Å². The molecule has 1 N–H and O–H groups in total. The van der Waals surface area contributed by atoms with Crippen molar-refractivity contribution in [3.63, 3.8) is 0 Å². The lowest BCUT2D eigenvalue weighted by atomic mass is 10.2. The van der Waals surface area contributed by atoms with Crippen LogP contribution in [0, 0.1) is 0 Å². The van der Waals surface area contributed by atoms with Gasteiger partial charge < -0.3 is 5.32 Å². The highest BCUT2D eigenvalue weighted by molar-refractivity contribution is 9.10. The Hall–Kier alpha value is -1.54. The standard InChI is InChI=1S/C14H10BrF3N2OS/c15-9-3-5-10(6-4-9)22-13-11(2-1-7-19-13)12(21)20-8-14(16,17)18/h1-7H,8H2,(H,20,21). The molecular formula is C14H10BrF3N2OS. The molecule has 3 nitrogen and oxygen atoms in total. The van der Waals surface area contributed by atoms with Gasteiger partial charge in [-0.1, -0.05) is 27.7 Å². The summed E-state index contributed by atoms with van der Waals surface area (Å²) in [4.78, 5) is 16.8. The van der Waals surface area contributed by atoms with Gasteiger partial charge in [-0.3, -0.25) is 4.79 Å². The van der Waals surface area contributed by atoms with Crippen molar-refractivity contribution in [2.24, 2.45) is 0 Å². The maximum absolute atomic E-state index is 12.2. The van der Waals surface area contributed by atoms with E-state index < -0.39 is 18.6 Å². The highest BCUT2D eigenvalue weighted by atomic mass is 79.9. The van der Waals surface area contributed by atoms with Gasteiger partial charge in [0.15, 0.2) is 0 Å². The molecule has 2 rings (SSSR count). The number of pyridine rings is 1. The predicted octanol–water partition coefficient (Wildman–Crippen LogP) is 4.29. The molecule has 0 aliphatic heterocycles. The van der Waals surface area contributed by atoms with E-state index in [1.165, 1.54) is 30.1 Å². The van der Waals surface area contributed by atoms with Gasteiger partial charge in [0.1, 0.15) is 11.6 Å². The fourth-order valence-corrected chi connectivity index (χ4v) is 2.68. The van der Waals surface area contributed by atoms with Crippen molar-refractivity contribution in [1.82, 2.24) is 10.3 Å². The molecule has 0 spiro atoms. The lowest BCUT2D eigenvalue weighted by Crippen LogP contribution is -2.34. The number of nitrogens with one attached hydrogen (secondary N) is 1. The fraction of sp³-hybridized carbons (Fsp3) is 0.143. The molecule has 8 heteroatoms. The van der Waals surface area contributed by atoms with Gasteiger partial charge in [-0.2, -0.15) is 13.2 Å². The topological polar surface area (TPSA) is 42.0 Å². The van der Waals surface area contributed by atoms with Crippen LogP contribution in [0.4, 0.5) is 13.2 Å². The second-order valence-electron chi connectivity index (χ2n) is 4.21. The van der Waals surface area contributed by atoms with Crippen LogP contribution >= 0.6 is 27.7 Å². The van der Waals surface area contributed by atoms with Crippen LogP contribution in [-0.4, -0.2) is 23.6 Å². The minimum Gasteiger partial charge on any atom is -0.343 e. The average Bonchev–Trinajstić information content (AvgIpc) is 2.47. The zero-order chi connectivity index (χ0) is 16.2. The van der Waals surface area contributed by atoms with Crippen LogP contribution in [0.1, 0.15) is 10.4 Å². The molecule has 1 aromatic heterocycles. The molecule has 0 fully saturated rings. The van der Waals surface area contributed by atoms with Gasteiger partial charge in [-0.05, 0) is 36.4 Å². The number of carbonyl (C=O) groups is 1. The SMILES string of the molecule is O=C(NCC(F)(F)F)c1cccnc1Sc1ccc(Br)cc1. The van der Waals surface area contributed by atoms with Crippen molar-refractivity contribution in [3.8, 4) is 0 Å². The maximum atomic E-state index is 12.2. The van der Waals surface area contributed by atoms with Crippen LogP contribution < -0.4 is 5.32 Å². The molecule has 0 atom stereocenters. The minimum absolute atomic E-state index is 0.111. The number of amides is 1. The fourth-order valence-electron chi connectivity index (χ4n) is 1.53. The lowest BCUT2D eigenvalue weighted by Gasteiger charge is -2.10. The summed E-state index contributed by atoms with van der Waals surface area (Å²) < 4.78 is 37.4. The van der Waals surface area contributed by atoms with Crippen LogP contribution in [0.3, 0.4) is 0 Å². The molecule has 0 radical (unpaired) electrons. The van der Waals surface area contributed by atoms with Crippen molar-refractivity contribution < 1.29 is 18.0 Å². The van der Waals surface area contributed by atoms with Crippen LogP contribution in [0.15, 0.2) is 57.0 Å². The summed E-state index contributed by atoms with van der Waals surface area (Å²) in [7, 11) is 0. The Morgan fingerprint density at radius 1 is 1.23 bits per heavy atom. The minimum atomic E-state index is -4.45. The second-order valence-corrected chi connectivity index (χ2v) is 6.19. The number of rotatable bonds is 4. The number of alkyl halides is 3. The van der Waals surface area contributed by atoms with E-state index in [0.717, 1.165) is 9.37 Å². The summed E-state index contributed by atoms with van der Waals surface area (Å²) in [5, 5.41) is 2.20. The molecule has 0 aliphatic carbocycles. The number of hydrogen-bond donors (Lipinski definition) is 1. The Morgan fingerprint density at radius 2 is 1.91 bits per heavy atom. The van der Waals surface area contributed by atoms with E-state index in [4.69, 9.17) is 0 Å². The van der Waals surface area contributed by atoms with E-state index in [9.17, 15) is 18.0 Å². The van der Waals surface area contributed by atoms with Crippen molar-refractivity contribution in [2.45, 2.75) is 16.1 Å². The molecule has 0 unspecified atom stereocenters. The van der Waals surface area contributed by atoms with E-state index in [-0.39, 0.29) is 5.56 Å². The average molecular weight is 391 g/mol. The molecule has 0 bridgehead atoms. The van der Waals surface area contributed by atoms with E-state index in [0.29, 0.717) is 5.03 Å². The molecule has 0 saturated carbocycles. The second kappa shape index (κ2) is 7.15. The zero-order valence-corrected chi connectivity index (χ0v) is 13.4. The smallest absolute Gasteiger partial charge is 0.343 e. The van der Waals surface area contributed by atoms with E-state index >= 15 is 0 Å². The quantitative estimate of drug-likeness (QED) is 0.846. The van der Waals surface area contributed by atoms with Gasteiger partial charge in [-0.25, -0.2) is 4.98 Å². The monoisotopic (exact) mass is 390 g/mol. The number of nitrogens with zero attached hydrogens (tertiary/aromatic N) is 1. The molecule has 1 heterocycles. The number of aromatic nitrogens is 1. The van der Waals surface area contributed by atoms with Crippen LogP contribution in [-0.2, 0) is 0 Å². The molecule has 1 aromatic carbocycles. The Labute approximate surface area is 137 Å². The third-order valence-electron chi connectivity index (χ3n) is 2.49. The molecule has 2 aromatic rings.